The van der Waals surface area contributed by atoms with Crippen LogP contribution >= 0.6 is 7.37 Å². The fraction of sp³-hybridized carbons (Fsp3) is 0.400. The van der Waals surface area contributed by atoms with Crippen LogP contribution in [0.2, 0.25) is 0 Å². The van der Waals surface area contributed by atoms with Crippen molar-refractivity contribution >= 4 is 30.8 Å². The lowest BCUT2D eigenvalue weighted by atomic mass is 9.92. The standard InChI is InChI=1S/C25H33N2O7P/c1-25(2,3)33-24(30)19(21(28)22(27)34-35(4,5)31)13-17-11-12-18(14-20(17)26)23(29)32-15-16-9-7-6-8-10-16/h6-12,14,19,22H,13,15,26-27H2,1-5H3/t19?,22-/m0/s1. The maximum absolute atomic E-state index is 13.0. The van der Waals surface area contributed by atoms with E-state index in [0.29, 0.717) is 5.56 Å². The van der Waals surface area contributed by atoms with Crippen molar-refractivity contribution in [2.24, 2.45) is 11.7 Å². The average Bonchev–Trinajstić information content (AvgIpc) is 2.74. The van der Waals surface area contributed by atoms with Gasteiger partial charge in [0.05, 0.1) is 5.56 Å². The van der Waals surface area contributed by atoms with Crippen LogP contribution in [0.3, 0.4) is 0 Å². The van der Waals surface area contributed by atoms with E-state index in [9.17, 15) is 18.9 Å². The highest BCUT2D eigenvalue weighted by Crippen LogP contribution is 2.38. The van der Waals surface area contributed by atoms with E-state index >= 15 is 0 Å². The summed E-state index contributed by atoms with van der Waals surface area (Å²) >= 11 is 0. The van der Waals surface area contributed by atoms with Crippen molar-refractivity contribution in [1.29, 1.82) is 0 Å². The monoisotopic (exact) mass is 504 g/mol. The Morgan fingerprint density at radius 3 is 2.20 bits per heavy atom. The lowest BCUT2D eigenvalue weighted by Crippen LogP contribution is -2.43. The highest BCUT2D eigenvalue weighted by molar-refractivity contribution is 7.57. The van der Waals surface area contributed by atoms with Crippen LogP contribution in [0, 0.1) is 5.92 Å². The zero-order valence-electron chi connectivity index (χ0n) is 20.6. The van der Waals surface area contributed by atoms with Crippen LogP contribution in [0.4, 0.5) is 5.69 Å². The zero-order chi connectivity index (χ0) is 26.4. The van der Waals surface area contributed by atoms with Crippen LogP contribution in [0.1, 0.15) is 42.3 Å². The lowest BCUT2D eigenvalue weighted by Gasteiger charge is -2.25. The van der Waals surface area contributed by atoms with Crippen LogP contribution < -0.4 is 11.5 Å². The molecule has 10 heteroatoms. The van der Waals surface area contributed by atoms with Gasteiger partial charge in [0, 0.05) is 19.0 Å². The van der Waals surface area contributed by atoms with Crippen LogP contribution in [-0.2, 0) is 41.2 Å². The molecule has 4 N–H and O–H groups in total. The number of Topliss-reactive ketones (excluding diaryl/α,β-unsaturated/α-hetero) is 1. The number of carbonyl (C=O) groups is 3. The van der Waals surface area contributed by atoms with Gasteiger partial charge < -0.3 is 19.7 Å². The average molecular weight is 505 g/mol. The fourth-order valence-electron chi connectivity index (χ4n) is 3.13. The Hall–Kier alpha value is -3.00. The van der Waals surface area contributed by atoms with Gasteiger partial charge in [-0.05, 0) is 50.5 Å². The van der Waals surface area contributed by atoms with E-state index in [1.165, 1.54) is 31.5 Å². The van der Waals surface area contributed by atoms with Gasteiger partial charge in [0.1, 0.15) is 18.1 Å². The number of anilines is 1. The largest absolute Gasteiger partial charge is 0.459 e. The van der Waals surface area contributed by atoms with Gasteiger partial charge in [-0.2, -0.15) is 0 Å². The first kappa shape index (κ1) is 28.2. The van der Waals surface area contributed by atoms with Crippen molar-refractivity contribution in [2.45, 2.75) is 45.6 Å². The SMILES string of the molecule is CC(C)(C)OC(=O)C(Cc1ccc(C(=O)OCc2ccccc2)cc1N)C(=O)[C@@H](N)OP(C)(C)=O. The van der Waals surface area contributed by atoms with Crippen molar-refractivity contribution in [3.63, 3.8) is 0 Å². The molecular formula is C25H33N2O7P. The maximum Gasteiger partial charge on any atom is 0.338 e. The molecule has 0 aliphatic carbocycles. The van der Waals surface area contributed by atoms with E-state index in [-0.39, 0.29) is 24.3 Å². The van der Waals surface area contributed by atoms with Crippen LogP contribution in [-0.4, -0.2) is 42.9 Å². The molecule has 2 atom stereocenters. The molecule has 0 saturated heterocycles. The van der Waals surface area contributed by atoms with Gasteiger partial charge in [0.25, 0.3) is 0 Å². The van der Waals surface area contributed by atoms with Gasteiger partial charge in [-0.1, -0.05) is 36.4 Å². The van der Waals surface area contributed by atoms with Crippen molar-refractivity contribution in [1.82, 2.24) is 0 Å². The number of rotatable bonds is 10. The third-order valence-electron chi connectivity index (χ3n) is 4.70. The van der Waals surface area contributed by atoms with Crippen LogP contribution in [0.5, 0.6) is 0 Å². The van der Waals surface area contributed by atoms with E-state index in [0.717, 1.165) is 5.56 Å². The Labute approximate surface area is 205 Å². The predicted molar refractivity (Wildman–Crippen MR) is 133 cm³/mol. The molecule has 0 aliphatic heterocycles. The summed E-state index contributed by atoms with van der Waals surface area (Å²) in [6, 6.07) is 13.7. The molecule has 0 aliphatic rings. The van der Waals surface area contributed by atoms with E-state index in [2.05, 4.69) is 0 Å². The number of benzene rings is 2. The summed E-state index contributed by atoms with van der Waals surface area (Å²) in [7, 11) is -3.10. The predicted octanol–water partition coefficient (Wildman–Crippen LogP) is 3.53. The quantitative estimate of drug-likeness (QED) is 0.163. The van der Waals surface area contributed by atoms with Gasteiger partial charge >= 0.3 is 11.9 Å². The number of hydrogen-bond donors (Lipinski definition) is 2. The number of ether oxygens (including phenoxy) is 2. The molecule has 0 bridgehead atoms. The molecule has 2 rings (SSSR count). The molecule has 35 heavy (non-hydrogen) atoms. The molecule has 2 aromatic carbocycles. The van der Waals surface area contributed by atoms with E-state index in [1.54, 1.807) is 20.8 Å². The second-order valence-corrected chi connectivity index (χ2v) is 12.2. The van der Waals surface area contributed by atoms with E-state index < -0.39 is 42.8 Å². The molecule has 2 aromatic rings. The summed E-state index contributed by atoms with van der Waals surface area (Å²) in [6.45, 7) is 7.73. The number of nitrogen functional groups attached to an aromatic ring is 1. The van der Waals surface area contributed by atoms with Crippen molar-refractivity contribution in [2.75, 3.05) is 19.1 Å². The Balaban J connectivity index is 2.21. The smallest absolute Gasteiger partial charge is 0.338 e. The number of carbonyl (C=O) groups excluding carboxylic acids is 3. The lowest BCUT2D eigenvalue weighted by molar-refractivity contribution is -0.163. The molecule has 0 amide bonds. The second-order valence-electron chi connectivity index (χ2n) is 9.45. The molecule has 0 heterocycles. The second kappa shape index (κ2) is 11.6. The van der Waals surface area contributed by atoms with Crippen molar-refractivity contribution in [3.8, 4) is 0 Å². The molecule has 1 unspecified atom stereocenters. The molecule has 190 valence electrons. The first-order valence-electron chi connectivity index (χ1n) is 11.0. The summed E-state index contributed by atoms with van der Waals surface area (Å²) < 4.78 is 27.8. The molecule has 0 radical (unpaired) electrons. The summed E-state index contributed by atoms with van der Waals surface area (Å²) in [5, 5.41) is 0. The highest BCUT2D eigenvalue weighted by Gasteiger charge is 2.36. The minimum atomic E-state index is -3.10. The third kappa shape index (κ3) is 9.28. The molecular weight excluding hydrogens is 471 g/mol. The molecule has 0 aromatic heterocycles. The number of esters is 2. The van der Waals surface area contributed by atoms with Gasteiger partial charge in [0.2, 0.25) is 0 Å². The van der Waals surface area contributed by atoms with E-state index in [4.69, 9.17) is 25.5 Å². The normalized spacial score (nSPS) is 13.5. The summed E-state index contributed by atoms with van der Waals surface area (Å²) in [6.07, 6.45) is -1.73. The minimum Gasteiger partial charge on any atom is -0.459 e. The Morgan fingerprint density at radius 1 is 1.03 bits per heavy atom. The highest BCUT2D eigenvalue weighted by atomic mass is 31.2. The van der Waals surface area contributed by atoms with E-state index in [1.807, 2.05) is 30.3 Å². The van der Waals surface area contributed by atoms with Crippen molar-refractivity contribution < 1.29 is 32.9 Å². The number of hydrogen-bond acceptors (Lipinski definition) is 9. The molecule has 0 saturated carbocycles. The first-order chi connectivity index (χ1) is 16.2. The van der Waals surface area contributed by atoms with Gasteiger partial charge in [-0.3, -0.25) is 19.9 Å². The molecule has 9 nitrogen and oxygen atoms in total. The summed E-state index contributed by atoms with van der Waals surface area (Å²) in [5.74, 6) is -3.51. The number of nitrogens with two attached hydrogens (primary N) is 2. The Bertz CT molecular complexity index is 1110. The Morgan fingerprint density at radius 2 is 1.66 bits per heavy atom. The maximum atomic E-state index is 13.0. The van der Waals surface area contributed by atoms with Crippen LogP contribution in [0.15, 0.2) is 48.5 Å². The van der Waals surface area contributed by atoms with Crippen molar-refractivity contribution in [3.05, 3.63) is 65.2 Å². The summed E-state index contributed by atoms with van der Waals surface area (Å²) in [4.78, 5) is 38.2. The van der Waals surface area contributed by atoms with Crippen LogP contribution in [0.25, 0.3) is 0 Å². The Kier molecular flexibility index (Phi) is 9.38. The zero-order valence-corrected chi connectivity index (χ0v) is 21.5. The van der Waals surface area contributed by atoms with Gasteiger partial charge in [-0.25, -0.2) is 4.79 Å². The first-order valence-corrected chi connectivity index (χ1v) is 13.5. The van der Waals surface area contributed by atoms with Gasteiger partial charge in [-0.15, -0.1) is 0 Å². The third-order valence-corrected chi connectivity index (χ3v) is 5.44. The van der Waals surface area contributed by atoms with Gasteiger partial charge in [0.15, 0.2) is 19.4 Å². The number of ketones is 1. The molecule has 0 spiro atoms. The fourth-order valence-corrected chi connectivity index (χ4v) is 3.78. The topological polar surface area (TPSA) is 148 Å². The molecule has 0 fully saturated rings. The minimum absolute atomic E-state index is 0.104. The summed E-state index contributed by atoms with van der Waals surface area (Å²) in [5.41, 5.74) is 12.8.